The summed E-state index contributed by atoms with van der Waals surface area (Å²) in [6.45, 7) is 16.0. The fourth-order valence-electron chi connectivity index (χ4n) is 8.96. The quantitative estimate of drug-likeness (QED) is 0.0975. The van der Waals surface area contributed by atoms with Gasteiger partial charge < -0.3 is 20.2 Å². The lowest BCUT2D eigenvalue weighted by molar-refractivity contribution is -0.141. The van der Waals surface area contributed by atoms with E-state index in [1.165, 1.54) is 6.07 Å². The molecule has 2 saturated heterocycles. The van der Waals surface area contributed by atoms with Crippen molar-refractivity contribution in [2.24, 2.45) is 11.3 Å². The summed E-state index contributed by atoms with van der Waals surface area (Å²) in [4.78, 5) is 70.1. The number of rotatable bonds is 16. The molecule has 14 nitrogen and oxygen atoms in total. The van der Waals surface area contributed by atoms with Gasteiger partial charge in [0.2, 0.25) is 18.7 Å². The Morgan fingerprint density at radius 2 is 1.67 bits per heavy atom. The number of hydrogen-bond acceptors (Lipinski definition) is 10. The molecule has 2 aliphatic heterocycles. The van der Waals surface area contributed by atoms with Gasteiger partial charge in [0.25, 0.3) is 11.8 Å². The number of nitrogens with zero attached hydrogens (tertiary/aromatic N) is 6. The van der Waals surface area contributed by atoms with E-state index in [1.807, 2.05) is 29.9 Å². The number of likely N-dealkylation sites (tertiary alicyclic amines) is 1. The Bertz CT molecular complexity index is 2340. The van der Waals surface area contributed by atoms with Crippen molar-refractivity contribution in [3.05, 3.63) is 82.8 Å². The van der Waals surface area contributed by atoms with Crippen molar-refractivity contribution >= 4 is 52.8 Å². The van der Waals surface area contributed by atoms with Crippen LogP contribution in [-0.4, -0.2) is 99.0 Å². The van der Waals surface area contributed by atoms with E-state index >= 15 is 0 Å². The molecule has 0 radical (unpaired) electrons. The number of alkyl halides is 3. The fraction of sp³-hybridized carbons (Fsp3) is 0.511. The van der Waals surface area contributed by atoms with Gasteiger partial charge in [-0.1, -0.05) is 19.9 Å². The predicted molar refractivity (Wildman–Crippen MR) is 237 cm³/mol. The normalized spacial score (nSPS) is 16.4. The van der Waals surface area contributed by atoms with E-state index in [2.05, 4.69) is 39.3 Å². The third-order valence-electron chi connectivity index (χ3n) is 13.1. The number of fused-ring (bicyclic) bond motifs is 1. The highest BCUT2D eigenvalue weighted by atomic mass is 19.4. The van der Waals surface area contributed by atoms with Crippen LogP contribution in [0.2, 0.25) is 0 Å². The second-order valence-electron chi connectivity index (χ2n) is 18.4. The molecule has 1 atom stereocenters. The minimum atomic E-state index is -4.70. The van der Waals surface area contributed by atoms with Gasteiger partial charge in [0.1, 0.15) is 11.4 Å². The number of nitrogens with one attached hydrogen (secondary N) is 2. The van der Waals surface area contributed by atoms with Crippen LogP contribution in [0.15, 0.2) is 54.7 Å². The summed E-state index contributed by atoms with van der Waals surface area (Å²) in [6.07, 6.45) is 3.19. The molecule has 5 amide bonds. The maximum absolute atomic E-state index is 13.4. The van der Waals surface area contributed by atoms with Crippen molar-refractivity contribution < 1.29 is 42.3 Å². The van der Waals surface area contributed by atoms with Crippen LogP contribution in [0.25, 0.3) is 10.9 Å². The molecule has 6 rings (SSSR count). The van der Waals surface area contributed by atoms with E-state index in [1.54, 1.807) is 39.0 Å². The molecule has 17 heteroatoms. The second kappa shape index (κ2) is 19.6. The summed E-state index contributed by atoms with van der Waals surface area (Å²) >= 11 is 0. The summed E-state index contributed by atoms with van der Waals surface area (Å²) in [6, 6.07) is 11.9. The predicted octanol–water partition coefficient (Wildman–Crippen LogP) is 7.25. The van der Waals surface area contributed by atoms with Gasteiger partial charge in [0.15, 0.2) is 0 Å². The maximum Gasteiger partial charge on any atom is 0.433 e. The van der Waals surface area contributed by atoms with E-state index < -0.39 is 46.9 Å². The van der Waals surface area contributed by atoms with Crippen LogP contribution in [0.4, 0.5) is 24.5 Å². The van der Waals surface area contributed by atoms with Gasteiger partial charge in [0.05, 0.1) is 17.2 Å². The van der Waals surface area contributed by atoms with Gasteiger partial charge in [0, 0.05) is 72.7 Å². The first kappa shape index (κ1) is 47.8. The molecule has 0 bridgehead atoms. The highest BCUT2D eigenvalue weighted by Crippen LogP contribution is 2.40. The Balaban J connectivity index is 1.000. The number of anilines is 2. The number of aromatic nitrogens is 3. The SMILES string of the molecule is Cc1cc(N2CCC(C(C)(C)CCN3CCC(n4cc5cc(NC(=O)c6cccc(C(F)(F)F)n6)c(C(C)(C)O)cc5n4)CC3)CC2)ccc1C(=O)N(C=O)C(C)CCC(=O)NC=O. The van der Waals surface area contributed by atoms with Gasteiger partial charge in [-0.3, -0.25) is 38.9 Å². The number of aryl methyl sites for hydroxylation is 1. The van der Waals surface area contributed by atoms with Gasteiger partial charge in [-0.05, 0) is 132 Å². The summed E-state index contributed by atoms with van der Waals surface area (Å²) in [5.41, 5.74) is 0.669. The van der Waals surface area contributed by atoms with Crippen molar-refractivity contribution in [1.82, 2.24) is 29.9 Å². The summed E-state index contributed by atoms with van der Waals surface area (Å²) in [7, 11) is 0. The lowest BCUT2D eigenvalue weighted by Gasteiger charge is -2.43. The number of carbonyl (C=O) groups excluding carboxylic acids is 5. The number of halogens is 3. The number of benzene rings is 2. The molecule has 4 heterocycles. The smallest absolute Gasteiger partial charge is 0.386 e. The Morgan fingerprint density at radius 3 is 2.30 bits per heavy atom. The standard InChI is InChI=1S/C47H59F3N8O6/c1-30-24-35(11-12-36(30)44(63)57(29-60)31(2)10-13-42(61)51-28-59)56-21-14-33(15-22-56)45(3,4)18-23-55-19-16-34(17-20-55)58-27-32-25-40(37(46(5,6)64)26-39(32)54-58)53-43(62)38-8-7-9-41(52-38)47(48,49)50/h7-9,11-12,24-29,31,33-34,64H,10,13-23H2,1-6H3,(H,53,62)(H,51,59,61). The van der Waals surface area contributed by atoms with Crippen LogP contribution >= 0.6 is 0 Å². The molecule has 3 N–H and O–H groups in total. The molecular formula is C47H59F3N8O6. The van der Waals surface area contributed by atoms with Crippen molar-refractivity contribution in [1.29, 1.82) is 0 Å². The van der Waals surface area contributed by atoms with Gasteiger partial charge in [-0.15, -0.1) is 0 Å². The molecule has 64 heavy (non-hydrogen) atoms. The Labute approximate surface area is 371 Å². The Morgan fingerprint density at radius 1 is 0.969 bits per heavy atom. The van der Waals surface area contributed by atoms with Crippen LogP contribution < -0.4 is 15.5 Å². The van der Waals surface area contributed by atoms with Crippen LogP contribution in [0.3, 0.4) is 0 Å². The highest BCUT2D eigenvalue weighted by molar-refractivity contribution is 6.04. The van der Waals surface area contributed by atoms with Crippen LogP contribution in [0.5, 0.6) is 0 Å². The summed E-state index contributed by atoms with van der Waals surface area (Å²) in [5.74, 6) is -1.18. The molecule has 2 fully saturated rings. The van der Waals surface area contributed by atoms with Gasteiger partial charge in [-0.25, -0.2) is 4.98 Å². The van der Waals surface area contributed by atoms with Gasteiger partial charge in [-0.2, -0.15) is 18.3 Å². The minimum absolute atomic E-state index is 0.00973. The highest BCUT2D eigenvalue weighted by Gasteiger charge is 2.35. The molecular weight excluding hydrogens is 830 g/mol. The average molecular weight is 889 g/mol. The molecule has 1 unspecified atom stereocenters. The number of carbonyl (C=O) groups is 5. The number of amides is 5. The zero-order valence-electron chi connectivity index (χ0n) is 37.4. The Hall–Kier alpha value is -5.68. The van der Waals surface area contributed by atoms with Crippen LogP contribution in [-0.2, 0) is 26.2 Å². The fourth-order valence-corrected chi connectivity index (χ4v) is 8.96. The van der Waals surface area contributed by atoms with Crippen molar-refractivity contribution in [3.63, 3.8) is 0 Å². The lowest BCUT2D eigenvalue weighted by atomic mass is 9.71. The van der Waals surface area contributed by atoms with Gasteiger partial charge >= 0.3 is 6.18 Å². The first-order valence-electron chi connectivity index (χ1n) is 21.9. The van der Waals surface area contributed by atoms with Crippen LogP contribution in [0.1, 0.15) is 123 Å². The molecule has 0 aliphatic carbocycles. The van der Waals surface area contributed by atoms with E-state index in [9.17, 15) is 42.3 Å². The lowest BCUT2D eigenvalue weighted by Crippen LogP contribution is -2.41. The third-order valence-corrected chi connectivity index (χ3v) is 13.1. The van der Waals surface area contributed by atoms with E-state index in [0.717, 1.165) is 98.5 Å². The maximum atomic E-state index is 13.4. The molecule has 2 aromatic heterocycles. The molecule has 0 saturated carbocycles. The molecule has 2 aromatic carbocycles. The monoisotopic (exact) mass is 888 g/mol. The number of piperidine rings is 2. The molecule has 344 valence electrons. The number of pyridine rings is 1. The van der Waals surface area contributed by atoms with E-state index in [-0.39, 0.29) is 30.0 Å². The van der Waals surface area contributed by atoms with Crippen molar-refractivity contribution in [3.8, 4) is 0 Å². The summed E-state index contributed by atoms with van der Waals surface area (Å²) in [5, 5.41) is 21.3. The van der Waals surface area contributed by atoms with Crippen molar-refractivity contribution in [2.75, 3.05) is 42.9 Å². The average Bonchev–Trinajstić information content (AvgIpc) is 3.68. The third kappa shape index (κ3) is 11.3. The number of aliphatic hydroxyl groups is 1. The summed E-state index contributed by atoms with van der Waals surface area (Å²) < 4.78 is 41.8. The van der Waals surface area contributed by atoms with E-state index in [4.69, 9.17) is 5.10 Å². The van der Waals surface area contributed by atoms with Crippen molar-refractivity contribution in [2.45, 2.75) is 110 Å². The van der Waals surface area contributed by atoms with Crippen LogP contribution in [0, 0.1) is 18.3 Å². The second-order valence-corrected chi connectivity index (χ2v) is 18.4. The molecule has 0 spiro atoms. The minimum Gasteiger partial charge on any atom is -0.386 e. The Kier molecular flexibility index (Phi) is 14.6. The zero-order valence-corrected chi connectivity index (χ0v) is 37.4. The number of hydrogen-bond donors (Lipinski definition) is 3. The topological polar surface area (TPSA) is 170 Å². The molecule has 2 aliphatic rings. The van der Waals surface area contributed by atoms with E-state index in [0.29, 0.717) is 35.4 Å². The number of imide groups is 2. The first-order chi connectivity index (χ1) is 30.2. The molecule has 4 aromatic rings. The zero-order chi connectivity index (χ0) is 46.6. The first-order valence-corrected chi connectivity index (χ1v) is 21.9. The largest absolute Gasteiger partial charge is 0.433 e.